The van der Waals surface area contributed by atoms with Crippen LogP contribution in [0.5, 0.6) is 0 Å². The second-order valence-corrected chi connectivity index (χ2v) is 4.13. The highest BCUT2D eigenvalue weighted by molar-refractivity contribution is 5.82. The Morgan fingerprint density at radius 2 is 2.28 bits per heavy atom. The largest absolute Gasteiger partial charge is 0.480 e. The molecule has 0 radical (unpaired) electrons. The van der Waals surface area contributed by atoms with Gasteiger partial charge in [0.1, 0.15) is 6.04 Å². The van der Waals surface area contributed by atoms with Gasteiger partial charge in [-0.25, -0.2) is 9.59 Å². The summed E-state index contributed by atoms with van der Waals surface area (Å²) in [5, 5.41) is 15.3. The fourth-order valence-corrected chi connectivity index (χ4v) is 1.50. The minimum atomic E-state index is -1.03. The molecule has 0 fully saturated rings. The van der Waals surface area contributed by atoms with Crippen molar-refractivity contribution in [3.05, 3.63) is 18.0 Å². The fourth-order valence-electron chi connectivity index (χ4n) is 1.50. The van der Waals surface area contributed by atoms with Gasteiger partial charge in [0.2, 0.25) is 0 Å². The van der Waals surface area contributed by atoms with Crippen LogP contribution in [0.15, 0.2) is 12.4 Å². The van der Waals surface area contributed by atoms with Crippen molar-refractivity contribution in [1.29, 1.82) is 0 Å². The lowest BCUT2D eigenvalue weighted by Gasteiger charge is -2.20. The molecule has 100 valence electrons. The molecule has 1 heterocycles. The zero-order valence-corrected chi connectivity index (χ0v) is 10.8. The number of nitrogens with zero attached hydrogens (tertiary/aromatic N) is 3. The molecule has 0 unspecified atom stereocenters. The second kappa shape index (κ2) is 6.04. The third kappa shape index (κ3) is 3.76. The zero-order valence-electron chi connectivity index (χ0n) is 10.8. The smallest absolute Gasteiger partial charge is 0.326 e. The summed E-state index contributed by atoms with van der Waals surface area (Å²) in [5.74, 6) is -1.03. The molecular formula is C11H18N4O3. The lowest BCUT2D eigenvalue weighted by molar-refractivity contribution is -0.139. The molecule has 18 heavy (non-hydrogen) atoms. The first kappa shape index (κ1) is 14.0. The maximum absolute atomic E-state index is 11.8. The molecule has 0 bridgehead atoms. The van der Waals surface area contributed by atoms with Crippen molar-refractivity contribution in [2.45, 2.75) is 25.9 Å². The van der Waals surface area contributed by atoms with E-state index in [-0.39, 0.29) is 0 Å². The van der Waals surface area contributed by atoms with Crippen molar-refractivity contribution in [3.63, 3.8) is 0 Å². The van der Waals surface area contributed by atoms with Crippen molar-refractivity contribution in [2.75, 3.05) is 7.05 Å². The molecule has 7 nitrogen and oxygen atoms in total. The number of nitrogens with one attached hydrogen (secondary N) is 1. The summed E-state index contributed by atoms with van der Waals surface area (Å²) in [6.45, 7) is 2.09. The first-order chi connectivity index (χ1) is 8.43. The molecule has 0 saturated carbocycles. The summed E-state index contributed by atoms with van der Waals surface area (Å²) in [5.41, 5.74) is 0.888. The first-order valence-corrected chi connectivity index (χ1v) is 5.66. The van der Waals surface area contributed by atoms with Crippen LogP contribution in [-0.2, 0) is 18.4 Å². The van der Waals surface area contributed by atoms with Crippen LogP contribution in [-0.4, -0.2) is 44.9 Å². The van der Waals surface area contributed by atoms with Crippen molar-refractivity contribution in [2.24, 2.45) is 7.05 Å². The number of carbonyl (C=O) groups excluding carboxylic acids is 1. The maximum atomic E-state index is 11.8. The van der Waals surface area contributed by atoms with Gasteiger partial charge in [-0.3, -0.25) is 4.68 Å². The van der Waals surface area contributed by atoms with Gasteiger partial charge in [0.05, 0.1) is 12.7 Å². The minimum absolute atomic E-state index is 0.349. The zero-order chi connectivity index (χ0) is 13.7. The number of urea groups is 1. The molecule has 0 spiro atoms. The van der Waals surface area contributed by atoms with Gasteiger partial charge >= 0.3 is 12.0 Å². The highest BCUT2D eigenvalue weighted by atomic mass is 16.4. The lowest BCUT2D eigenvalue weighted by atomic mass is 10.2. The normalized spacial score (nSPS) is 11.9. The van der Waals surface area contributed by atoms with Gasteiger partial charge in [-0.05, 0) is 6.42 Å². The van der Waals surface area contributed by atoms with E-state index in [0.717, 1.165) is 5.56 Å². The third-order valence-electron chi connectivity index (χ3n) is 2.53. The molecule has 1 aromatic rings. The first-order valence-electron chi connectivity index (χ1n) is 5.66. The van der Waals surface area contributed by atoms with Gasteiger partial charge < -0.3 is 15.3 Å². The Bertz CT molecular complexity index is 430. The number of carboxylic acids is 1. The molecule has 2 N–H and O–H groups in total. The number of aliphatic carboxylic acids is 1. The lowest BCUT2D eigenvalue weighted by Crippen LogP contribution is -2.46. The van der Waals surface area contributed by atoms with E-state index in [9.17, 15) is 9.59 Å². The van der Waals surface area contributed by atoms with Crippen molar-refractivity contribution >= 4 is 12.0 Å². The van der Waals surface area contributed by atoms with Gasteiger partial charge in [0.25, 0.3) is 0 Å². The summed E-state index contributed by atoms with van der Waals surface area (Å²) in [6, 6.07) is -1.26. The van der Waals surface area contributed by atoms with Crippen molar-refractivity contribution in [3.8, 4) is 0 Å². The Hall–Kier alpha value is -2.05. The molecular weight excluding hydrogens is 236 g/mol. The topological polar surface area (TPSA) is 87.5 Å². The van der Waals surface area contributed by atoms with Gasteiger partial charge in [-0.1, -0.05) is 6.92 Å². The van der Waals surface area contributed by atoms with Crippen LogP contribution >= 0.6 is 0 Å². The number of carbonyl (C=O) groups is 2. The number of carboxylic acid groups (broad SMARTS) is 1. The standard InChI is InChI=1S/C11H18N4O3/c1-4-9(10(16)17)13-11(18)14(2)6-8-5-12-15(3)7-8/h5,7,9H,4,6H2,1-3H3,(H,13,18)(H,16,17)/t9-/m0/s1. The maximum Gasteiger partial charge on any atom is 0.326 e. The summed E-state index contributed by atoms with van der Waals surface area (Å²) in [6.07, 6.45) is 3.82. The minimum Gasteiger partial charge on any atom is -0.480 e. The van der Waals surface area contributed by atoms with E-state index in [1.807, 2.05) is 0 Å². The monoisotopic (exact) mass is 254 g/mol. The van der Waals surface area contributed by atoms with Crippen LogP contribution in [0.4, 0.5) is 4.79 Å². The Labute approximate surface area is 105 Å². The highest BCUT2D eigenvalue weighted by Gasteiger charge is 2.19. The van der Waals surface area contributed by atoms with E-state index >= 15 is 0 Å². The predicted molar refractivity (Wildman–Crippen MR) is 64.9 cm³/mol. The number of rotatable bonds is 5. The van der Waals surface area contributed by atoms with Crippen LogP contribution in [0.2, 0.25) is 0 Å². The van der Waals surface area contributed by atoms with E-state index < -0.39 is 18.0 Å². The molecule has 2 amide bonds. The second-order valence-electron chi connectivity index (χ2n) is 4.13. The summed E-state index contributed by atoms with van der Waals surface area (Å²) < 4.78 is 1.65. The Balaban J connectivity index is 2.53. The molecule has 1 atom stereocenters. The van der Waals surface area contributed by atoms with Gasteiger partial charge in [-0.15, -0.1) is 0 Å². The number of hydrogen-bond acceptors (Lipinski definition) is 3. The van der Waals surface area contributed by atoms with E-state index in [1.54, 1.807) is 38.1 Å². The van der Waals surface area contributed by atoms with Gasteiger partial charge in [0.15, 0.2) is 0 Å². The number of amides is 2. The van der Waals surface area contributed by atoms with Crippen LogP contribution in [0.3, 0.4) is 0 Å². The molecule has 0 saturated heterocycles. The average Bonchev–Trinajstić information content (AvgIpc) is 2.70. The van der Waals surface area contributed by atoms with Crippen LogP contribution in [0.25, 0.3) is 0 Å². The Kier molecular flexibility index (Phi) is 4.70. The molecule has 1 rings (SSSR count). The number of aryl methyl sites for hydroxylation is 1. The van der Waals surface area contributed by atoms with Crippen LogP contribution in [0, 0.1) is 0 Å². The van der Waals surface area contributed by atoms with Gasteiger partial charge in [0, 0.05) is 25.9 Å². The summed E-state index contributed by atoms with van der Waals surface area (Å²) in [4.78, 5) is 24.0. The number of hydrogen-bond donors (Lipinski definition) is 2. The van der Waals surface area contributed by atoms with E-state index in [2.05, 4.69) is 10.4 Å². The van der Waals surface area contributed by atoms with E-state index in [4.69, 9.17) is 5.11 Å². The SMILES string of the molecule is CC[C@H](NC(=O)N(C)Cc1cnn(C)c1)C(=O)O. The molecule has 0 aliphatic rings. The molecule has 0 aliphatic heterocycles. The number of aromatic nitrogens is 2. The predicted octanol–water partition coefficient (Wildman–Crippen LogP) is 0.425. The van der Waals surface area contributed by atoms with Crippen LogP contribution < -0.4 is 5.32 Å². The quantitative estimate of drug-likeness (QED) is 0.797. The molecule has 7 heteroatoms. The van der Waals surface area contributed by atoms with E-state index in [1.165, 1.54) is 4.90 Å². The summed E-state index contributed by atoms with van der Waals surface area (Å²) >= 11 is 0. The molecule has 0 aliphatic carbocycles. The average molecular weight is 254 g/mol. The molecule has 1 aromatic heterocycles. The van der Waals surface area contributed by atoms with Crippen molar-refractivity contribution < 1.29 is 14.7 Å². The van der Waals surface area contributed by atoms with Gasteiger partial charge in [-0.2, -0.15) is 5.10 Å². The van der Waals surface area contributed by atoms with E-state index in [0.29, 0.717) is 13.0 Å². The van der Waals surface area contributed by atoms with Crippen LogP contribution in [0.1, 0.15) is 18.9 Å². The molecule has 0 aromatic carbocycles. The Morgan fingerprint density at radius 3 is 2.72 bits per heavy atom. The fraction of sp³-hybridized carbons (Fsp3) is 0.545. The highest BCUT2D eigenvalue weighted by Crippen LogP contribution is 2.02. The summed E-state index contributed by atoms with van der Waals surface area (Å²) in [7, 11) is 3.40. The third-order valence-corrected chi connectivity index (χ3v) is 2.53. The van der Waals surface area contributed by atoms with Crippen molar-refractivity contribution in [1.82, 2.24) is 20.0 Å². The Morgan fingerprint density at radius 1 is 1.61 bits per heavy atom.